The number of carbonyl (C=O) groups excluding carboxylic acids is 1. The van der Waals surface area contributed by atoms with Crippen LogP contribution >= 0.6 is 0 Å². The zero-order chi connectivity index (χ0) is 17.8. The van der Waals surface area contributed by atoms with Crippen LogP contribution in [0.1, 0.15) is 27.3 Å². The number of hydrogen-bond donors (Lipinski definition) is 1. The molecular formula is C20H21N3O2. The van der Waals surface area contributed by atoms with Crippen molar-refractivity contribution >= 4 is 5.91 Å². The third-order valence-corrected chi connectivity index (χ3v) is 4.16. The van der Waals surface area contributed by atoms with E-state index >= 15 is 0 Å². The second-order valence-electron chi connectivity index (χ2n) is 5.90. The van der Waals surface area contributed by atoms with E-state index in [1.54, 1.807) is 12.1 Å². The molecule has 0 fully saturated rings. The summed E-state index contributed by atoms with van der Waals surface area (Å²) in [5, 5.41) is 7.32. The molecule has 0 saturated carbocycles. The minimum Gasteiger partial charge on any atom is -0.457 e. The van der Waals surface area contributed by atoms with Crippen molar-refractivity contribution in [1.29, 1.82) is 0 Å². The van der Waals surface area contributed by atoms with Crippen molar-refractivity contribution in [2.24, 2.45) is 7.05 Å². The Labute approximate surface area is 147 Å². The molecule has 25 heavy (non-hydrogen) atoms. The second kappa shape index (κ2) is 7.21. The smallest absolute Gasteiger partial charge is 0.251 e. The number of rotatable bonds is 5. The van der Waals surface area contributed by atoms with E-state index < -0.39 is 0 Å². The molecule has 1 heterocycles. The Kier molecular flexibility index (Phi) is 4.84. The zero-order valence-corrected chi connectivity index (χ0v) is 14.6. The first kappa shape index (κ1) is 16.8. The maximum absolute atomic E-state index is 12.5. The first-order chi connectivity index (χ1) is 12.0. The average molecular weight is 335 g/mol. The molecule has 0 radical (unpaired) electrons. The molecule has 0 aliphatic heterocycles. The third kappa shape index (κ3) is 3.88. The Morgan fingerprint density at radius 1 is 1.08 bits per heavy atom. The minimum atomic E-state index is -0.138. The predicted molar refractivity (Wildman–Crippen MR) is 96.8 cm³/mol. The summed E-state index contributed by atoms with van der Waals surface area (Å²) in [5.41, 5.74) is 3.60. The predicted octanol–water partition coefficient (Wildman–Crippen LogP) is 3.76. The van der Waals surface area contributed by atoms with E-state index in [0.29, 0.717) is 17.9 Å². The van der Waals surface area contributed by atoms with Crippen LogP contribution in [0.3, 0.4) is 0 Å². The molecule has 0 unspecified atom stereocenters. The summed E-state index contributed by atoms with van der Waals surface area (Å²) < 4.78 is 7.60. The molecule has 5 heteroatoms. The highest BCUT2D eigenvalue weighted by atomic mass is 16.5. The molecule has 0 bridgehead atoms. The van der Waals surface area contributed by atoms with E-state index in [0.717, 1.165) is 22.7 Å². The molecule has 0 saturated heterocycles. The summed E-state index contributed by atoms with van der Waals surface area (Å²) in [7, 11) is 1.90. The van der Waals surface area contributed by atoms with E-state index in [4.69, 9.17) is 4.74 Å². The summed E-state index contributed by atoms with van der Waals surface area (Å²) in [6.07, 6.45) is 0. The molecule has 1 aromatic heterocycles. The van der Waals surface area contributed by atoms with Crippen molar-refractivity contribution in [3.8, 4) is 11.5 Å². The van der Waals surface area contributed by atoms with Crippen molar-refractivity contribution in [3.05, 3.63) is 77.1 Å². The minimum absolute atomic E-state index is 0.138. The van der Waals surface area contributed by atoms with Gasteiger partial charge in [-0.1, -0.05) is 24.3 Å². The molecule has 3 rings (SSSR count). The van der Waals surface area contributed by atoms with Crippen LogP contribution in [-0.2, 0) is 13.6 Å². The van der Waals surface area contributed by atoms with Crippen molar-refractivity contribution in [2.75, 3.05) is 0 Å². The lowest BCUT2D eigenvalue weighted by Crippen LogP contribution is -2.23. The number of para-hydroxylation sites is 1. The maximum atomic E-state index is 12.5. The fourth-order valence-corrected chi connectivity index (χ4v) is 2.67. The van der Waals surface area contributed by atoms with Gasteiger partial charge in [-0.25, -0.2) is 0 Å². The molecule has 0 atom stereocenters. The Balaban J connectivity index is 1.69. The number of nitrogens with one attached hydrogen (secondary N) is 1. The van der Waals surface area contributed by atoms with E-state index in [1.165, 1.54) is 0 Å². The van der Waals surface area contributed by atoms with Gasteiger partial charge < -0.3 is 10.1 Å². The molecule has 0 spiro atoms. The van der Waals surface area contributed by atoms with Gasteiger partial charge >= 0.3 is 0 Å². The van der Waals surface area contributed by atoms with Gasteiger partial charge in [0.1, 0.15) is 11.5 Å². The van der Waals surface area contributed by atoms with Crippen LogP contribution < -0.4 is 10.1 Å². The van der Waals surface area contributed by atoms with Gasteiger partial charge in [-0.2, -0.15) is 5.10 Å². The van der Waals surface area contributed by atoms with Crippen LogP contribution in [0, 0.1) is 13.8 Å². The van der Waals surface area contributed by atoms with E-state index in [-0.39, 0.29) is 5.91 Å². The van der Waals surface area contributed by atoms with Gasteiger partial charge in [0.25, 0.3) is 5.91 Å². The zero-order valence-electron chi connectivity index (χ0n) is 14.6. The molecule has 1 N–H and O–H groups in total. The maximum Gasteiger partial charge on any atom is 0.251 e. The summed E-state index contributed by atoms with van der Waals surface area (Å²) in [6.45, 7) is 4.40. The van der Waals surface area contributed by atoms with Crippen LogP contribution in [0.4, 0.5) is 0 Å². The fourth-order valence-electron chi connectivity index (χ4n) is 2.67. The summed E-state index contributed by atoms with van der Waals surface area (Å²) in [6, 6.07) is 16.7. The highest BCUT2D eigenvalue weighted by molar-refractivity contribution is 5.94. The first-order valence-corrected chi connectivity index (χ1v) is 8.15. The Morgan fingerprint density at radius 3 is 2.48 bits per heavy atom. The van der Waals surface area contributed by atoms with Crippen molar-refractivity contribution in [2.45, 2.75) is 20.4 Å². The summed E-state index contributed by atoms with van der Waals surface area (Å²) in [4.78, 5) is 12.5. The Hall–Kier alpha value is -3.08. The molecule has 1 amide bonds. The number of carbonyl (C=O) groups is 1. The van der Waals surface area contributed by atoms with Crippen LogP contribution in [0.15, 0.2) is 54.6 Å². The van der Waals surface area contributed by atoms with Gasteiger partial charge in [-0.3, -0.25) is 9.48 Å². The molecule has 128 valence electrons. The van der Waals surface area contributed by atoms with Crippen LogP contribution in [0.5, 0.6) is 11.5 Å². The highest BCUT2D eigenvalue weighted by Gasteiger charge is 2.12. The topological polar surface area (TPSA) is 56.2 Å². The highest BCUT2D eigenvalue weighted by Crippen LogP contribution is 2.22. The SMILES string of the molecule is Cc1nn(C)c(C)c1CNC(=O)c1cccc(Oc2ccccc2)c1. The average Bonchev–Trinajstić information content (AvgIpc) is 2.86. The monoisotopic (exact) mass is 335 g/mol. The van der Waals surface area contributed by atoms with Crippen LogP contribution in [-0.4, -0.2) is 15.7 Å². The van der Waals surface area contributed by atoms with E-state index in [1.807, 2.05) is 68.0 Å². The molecule has 5 nitrogen and oxygen atoms in total. The fraction of sp³-hybridized carbons (Fsp3) is 0.200. The lowest BCUT2D eigenvalue weighted by molar-refractivity contribution is 0.0950. The van der Waals surface area contributed by atoms with Crippen LogP contribution in [0.2, 0.25) is 0 Å². The number of ether oxygens (including phenoxy) is 1. The molecular weight excluding hydrogens is 314 g/mol. The standard InChI is InChI=1S/C20H21N3O2/c1-14-19(15(2)23(3)22-14)13-21-20(24)16-8-7-11-18(12-16)25-17-9-5-4-6-10-17/h4-12H,13H2,1-3H3,(H,21,24). The number of aryl methyl sites for hydroxylation is 2. The Morgan fingerprint density at radius 2 is 1.80 bits per heavy atom. The van der Waals surface area contributed by atoms with E-state index in [9.17, 15) is 4.79 Å². The normalized spacial score (nSPS) is 10.5. The summed E-state index contributed by atoms with van der Waals surface area (Å²) >= 11 is 0. The first-order valence-electron chi connectivity index (χ1n) is 8.15. The summed E-state index contributed by atoms with van der Waals surface area (Å²) in [5.74, 6) is 1.23. The molecule has 0 aliphatic rings. The molecule has 3 aromatic rings. The quantitative estimate of drug-likeness (QED) is 0.772. The number of hydrogen-bond acceptors (Lipinski definition) is 3. The van der Waals surface area contributed by atoms with Gasteiger partial charge in [0.15, 0.2) is 0 Å². The number of nitrogens with zero attached hydrogens (tertiary/aromatic N) is 2. The Bertz CT molecular complexity index is 885. The third-order valence-electron chi connectivity index (χ3n) is 4.16. The van der Waals surface area contributed by atoms with Crippen molar-refractivity contribution < 1.29 is 9.53 Å². The number of aromatic nitrogens is 2. The van der Waals surface area contributed by atoms with Crippen molar-refractivity contribution in [1.82, 2.24) is 15.1 Å². The van der Waals surface area contributed by atoms with Gasteiger partial charge in [0.05, 0.1) is 5.69 Å². The molecule has 2 aromatic carbocycles. The lowest BCUT2D eigenvalue weighted by Gasteiger charge is -2.09. The number of benzene rings is 2. The van der Waals surface area contributed by atoms with E-state index in [2.05, 4.69) is 10.4 Å². The van der Waals surface area contributed by atoms with Crippen LogP contribution in [0.25, 0.3) is 0 Å². The largest absolute Gasteiger partial charge is 0.457 e. The van der Waals surface area contributed by atoms with Gasteiger partial charge in [0.2, 0.25) is 0 Å². The van der Waals surface area contributed by atoms with Gasteiger partial charge in [-0.05, 0) is 44.2 Å². The number of amides is 1. The van der Waals surface area contributed by atoms with Gasteiger partial charge in [0, 0.05) is 30.4 Å². The second-order valence-corrected chi connectivity index (χ2v) is 5.90. The van der Waals surface area contributed by atoms with Gasteiger partial charge in [-0.15, -0.1) is 0 Å². The molecule has 0 aliphatic carbocycles. The van der Waals surface area contributed by atoms with Crippen molar-refractivity contribution in [3.63, 3.8) is 0 Å². The lowest BCUT2D eigenvalue weighted by atomic mass is 10.1.